The molecule has 0 aliphatic heterocycles. The van der Waals surface area contributed by atoms with Crippen molar-refractivity contribution in [3.63, 3.8) is 0 Å². The summed E-state index contributed by atoms with van der Waals surface area (Å²) < 4.78 is 14.4. The quantitative estimate of drug-likeness (QED) is 0.222. The smallest absolute Gasteiger partial charge is 0.330 e. The summed E-state index contributed by atoms with van der Waals surface area (Å²) >= 11 is 4.71. The number of rotatable bonds is 10. The standard InChI is InChI=1S/C9H8O4.C6H15N.C6H6O3.C3H3ClO/c1-2-9(11)12-6-8-4-3-7(5-10)13-8;1-4-7(5-2)6-3;7-3-5-1-2-6(4-8)9-5;1-2-3(4)5/h2-5H,1,6H2;4-6H2,1-3H3;1-3,8H,4H2;2H,1H2. The molecule has 0 bridgehead atoms. The number of aldehydes is 2. The zero-order valence-corrected chi connectivity index (χ0v) is 20.5. The van der Waals surface area contributed by atoms with Gasteiger partial charge in [-0.15, -0.1) is 0 Å². The number of aliphatic hydroxyl groups is 1. The van der Waals surface area contributed by atoms with Crippen LogP contribution in [0.5, 0.6) is 0 Å². The third-order valence-electron chi connectivity index (χ3n) is 3.78. The van der Waals surface area contributed by atoms with E-state index in [0.717, 1.165) is 12.2 Å². The van der Waals surface area contributed by atoms with Crippen LogP contribution in [-0.4, -0.2) is 53.4 Å². The van der Waals surface area contributed by atoms with Crippen molar-refractivity contribution in [2.75, 3.05) is 19.6 Å². The Morgan fingerprint density at radius 2 is 1.38 bits per heavy atom. The number of allylic oxidation sites excluding steroid dienone is 1. The fraction of sp³-hybridized carbons (Fsp3) is 0.333. The number of furan rings is 2. The Hall–Kier alpha value is -3.27. The number of carbonyl (C=O) groups excluding carboxylic acids is 4. The van der Waals surface area contributed by atoms with E-state index >= 15 is 0 Å². The van der Waals surface area contributed by atoms with Crippen molar-refractivity contribution in [3.8, 4) is 0 Å². The first-order chi connectivity index (χ1) is 16.2. The summed E-state index contributed by atoms with van der Waals surface area (Å²) in [5.41, 5.74) is 0. The maximum Gasteiger partial charge on any atom is 0.330 e. The number of halogens is 1. The van der Waals surface area contributed by atoms with Crippen LogP contribution < -0.4 is 0 Å². The molecule has 0 saturated carbocycles. The first-order valence-corrected chi connectivity index (χ1v) is 10.6. The average molecular weight is 498 g/mol. The van der Waals surface area contributed by atoms with E-state index in [1.165, 1.54) is 31.8 Å². The van der Waals surface area contributed by atoms with Gasteiger partial charge in [-0.1, -0.05) is 33.9 Å². The first-order valence-electron chi connectivity index (χ1n) is 10.3. The molecule has 0 radical (unpaired) electrons. The fourth-order valence-corrected chi connectivity index (χ4v) is 1.95. The van der Waals surface area contributed by atoms with Gasteiger partial charge >= 0.3 is 5.97 Å². The number of carbonyl (C=O) groups is 4. The summed E-state index contributed by atoms with van der Waals surface area (Å²) in [4.78, 5) is 42.6. The van der Waals surface area contributed by atoms with E-state index < -0.39 is 11.2 Å². The largest absolute Gasteiger partial charge is 0.456 e. The van der Waals surface area contributed by atoms with E-state index in [-0.39, 0.29) is 24.7 Å². The molecule has 9 nitrogen and oxygen atoms in total. The maximum atomic E-state index is 10.6. The summed E-state index contributed by atoms with van der Waals surface area (Å²) in [6, 6.07) is 6.15. The lowest BCUT2D eigenvalue weighted by atomic mass is 10.4. The average Bonchev–Trinajstić information content (AvgIpc) is 3.54. The maximum absolute atomic E-state index is 10.6. The van der Waals surface area contributed by atoms with Crippen molar-refractivity contribution in [2.45, 2.75) is 34.0 Å². The highest BCUT2D eigenvalue weighted by molar-refractivity contribution is 6.66. The molecule has 10 heteroatoms. The topological polar surface area (TPSA) is 127 Å². The third kappa shape index (κ3) is 17.3. The van der Waals surface area contributed by atoms with E-state index in [9.17, 15) is 19.2 Å². The van der Waals surface area contributed by atoms with Crippen molar-refractivity contribution < 1.29 is 37.9 Å². The predicted molar refractivity (Wildman–Crippen MR) is 129 cm³/mol. The first kappa shape index (κ1) is 32.9. The number of hydrogen-bond acceptors (Lipinski definition) is 9. The normalized spacial score (nSPS) is 9.12. The summed E-state index contributed by atoms with van der Waals surface area (Å²) in [6.07, 6.45) is 3.28. The second-order valence-corrected chi connectivity index (χ2v) is 6.31. The van der Waals surface area contributed by atoms with Gasteiger partial charge in [-0.25, -0.2) is 4.79 Å². The molecule has 1 N–H and O–H groups in total. The summed E-state index contributed by atoms with van der Waals surface area (Å²) in [7, 11) is 0. The minimum atomic E-state index is -0.524. The van der Waals surface area contributed by atoms with Gasteiger partial charge in [0.2, 0.25) is 5.24 Å². The predicted octanol–water partition coefficient (Wildman–Crippen LogP) is 4.19. The van der Waals surface area contributed by atoms with Gasteiger partial charge in [0.15, 0.2) is 24.1 Å². The van der Waals surface area contributed by atoms with E-state index in [4.69, 9.17) is 25.5 Å². The molecule has 0 atom stereocenters. The lowest BCUT2D eigenvalue weighted by Gasteiger charge is -2.13. The van der Waals surface area contributed by atoms with Gasteiger partial charge in [-0.05, 0) is 61.6 Å². The number of esters is 1. The van der Waals surface area contributed by atoms with Gasteiger partial charge in [0.1, 0.15) is 24.7 Å². The third-order valence-corrected chi connectivity index (χ3v) is 3.93. The highest BCUT2D eigenvalue weighted by atomic mass is 35.5. The van der Waals surface area contributed by atoms with Crippen molar-refractivity contribution in [3.05, 3.63) is 72.6 Å². The highest BCUT2D eigenvalue weighted by Gasteiger charge is 2.02. The molecule has 0 aliphatic rings. The van der Waals surface area contributed by atoms with Gasteiger partial charge in [0.05, 0.1) is 0 Å². The van der Waals surface area contributed by atoms with Crippen LogP contribution in [0.2, 0.25) is 0 Å². The zero-order chi connectivity index (χ0) is 26.4. The second kappa shape index (κ2) is 21.6. The van der Waals surface area contributed by atoms with Gasteiger partial charge < -0.3 is 23.6 Å². The molecule has 34 heavy (non-hydrogen) atoms. The molecule has 2 aromatic heterocycles. The molecule has 0 aromatic carbocycles. The lowest BCUT2D eigenvalue weighted by molar-refractivity contribution is -0.139. The molecular formula is C24H32ClNO8. The minimum Gasteiger partial charge on any atom is -0.456 e. The minimum absolute atomic E-state index is 0.0126. The molecule has 0 spiro atoms. The van der Waals surface area contributed by atoms with Crippen LogP contribution in [0.1, 0.15) is 53.4 Å². The Bertz CT molecular complexity index is 862. The molecule has 0 fully saturated rings. The Morgan fingerprint density at radius 1 is 0.941 bits per heavy atom. The zero-order valence-electron chi connectivity index (χ0n) is 19.7. The van der Waals surface area contributed by atoms with Gasteiger partial charge in [-0.2, -0.15) is 0 Å². The lowest BCUT2D eigenvalue weighted by Crippen LogP contribution is -2.21. The van der Waals surface area contributed by atoms with E-state index in [1.807, 2.05) is 0 Å². The molecule has 2 aromatic rings. The SMILES string of the molecule is C=CC(=O)Cl.C=CC(=O)OCc1ccc(C=O)o1.CCN(CC)CC.O=Cc1ccc(CO)o1. The second-order valence-electron chi connectivity index (χ2n) is 5.94. The number of ether oxygens (including phenoxy) is 1. The summed E-state index contributed by atoms with van der Waals surface area (Å²) in [5, 5.41) is 7.93. The number of aliphatic hydroxyl groups excluding tert-OH is 1. The van der Waals surface area contributed by atoms with Crippen molar-refractivity contribution >= 4 is 35.4 Å². The van der Waals surface area contributed by atoms with Crippen LogP contribution in [0.3, 0.4) is 0 Å². The van der Waals surface area contributed by atoms with Crippen molar-refractivity contribution in [2.24, 2.45) is 0 Å². The molecule has 2 heterocycles. The van der Waals surface area contributed by atoms with Crippen LogP contribution in [0.15, 0.2) is 58.4 Å². The van der Waals surface area contributed by atoms with Crippen LogP contribution in [0, 0.1) is 0 Å². The summed E-state index contributed by atoms with van der Waals surface area (Å²) in [5.74, 6) is 0.780. The number of hydrogen-bond donors (Lipinski definition) is 1. The van der Waals surface area contributed by atoms with Crippen molar-refractivity contribution in [1.82, 2.24) is 4.90 Å². The Labute approximate surface area is 204 Å². The summed E-state index contributed by atoms with van der Waals surface area (Å²) in [6.45, 7) is 16.3. The fourth-order valence-electron chi connectivity index (χ4n) is 1.95. The van der Waals surface area contributed by atoms with Gasteiger partial charge in [-0.3, -0.25) is 14.4 Å². The van der Waals surface area contributed by atoms with Crippen LogP contribution in [0.25, 0.3) is 0 Å². The Morgan fingerprint density at radius 3 is 1.65 bits per heavy atom. The molecule has 0 unspecified atom stereocenters. The van der Waals surface area contributed by atoms with Gasteiger partial charge in [0.25, 0.3) is 0 Å². The number of nitrogens with zero attached hydrogens (tertiary/aromatic N) is 1. The molecular weight excluding hydrogens is 466 g/mol. The van der Waals surface area contributed by atoms with E-state index in [0.29, 0.717) is 24.1 Å². The molecule has 2 rings (SSSR count). The monoisotopic (exact) mass is 497 g/mol. The molecule has 0 aliphatic carbocycles. The van der Waals surface area contributed by atoms with Crippen LogP contribution in [-0.2, 0) is 27.5 Å². The van der Waals surface area contributed by atoms with E-state index in [2.05, 4.69) is 43.6 Å². The van der Waals surface area contributed by atoms with E-state index in [1.54, 1.807) is 12.1 Å². The van der Waals surface area contributed by atoms with Crippen LogP contribution in [0.4, 0.5) is 0 Å². The highest BCUT2D eigenvalue weighted by Crippen LogP contribution is 2.07. The van der Waals surface area contributed by atoms with Crippen molar-refractivity contribution in [1.29, 1.82) is 0 Å². The van der Waals surface area contributed by atoms with Crippen LogP contribution >= 0.6 is 11.6 Å². The Kier molecular flexibility index (Phi) is 20.9. The molecule has 0 amide bonds. The molecule has 0 saturated heterocycles. The van der Waals surface area contributed by atoms with Gasteiger partial charge in [0, 0.05) is 6.08 Å². The Balaban J connectivity index is 0. The molecule has 188 valence electrons.